The maximum Gasteiger partial charge on any atom is 0.224 e. The van der Waals surface area contributed by atoms with E-state index < -0.39 is 0 Å². The lowest BCUT2D eigenvalue weighted by Crippen LogP contribution is -2.44. The Morgan fingerprint density at radius 1 is 1.20 bits per heavy atom. The van der Waals surface area contributed by atoms with Crippen molar-refractivity contribution in [2.45, 2.75) is 78.7 Å². The highest BCUT2D eigenvalue weighted by Gasteiger charge is 2.27. The van der Waals surface area contributed by atoms with Gasteiger partial charge >= 0.3 is 0 Å². The lowest BCUT2D eigenvalue weighted by Gasteiger charge is -2.28. The van der Waals surface area contributed by atoms with Crippen LogP contribution in [0.3, 0.4) is 0 Å². The fourth-order valence-corrected chi connectivity index (χ4v) is 3.29. The van der Waals surface area contributed by atoms with Crippen LogP contribution in [0.25, 0.3) is 0 Å². The molecule has 0 aliphatic heterocycles. The summed E-state index contributed by atoms with van der Waals surface area (Å²) < 4.78 is 0. The minimum absolute atomic E-state index is 0.0526. The lowest BCUT2D eigenvalue weighted by atomic mass is 9.84. The Kier molecular flexibility index (Phi) is 7.01. The molecule has 0 aromatic heterocycles. The Balaban J connectivity index is 2.49. The normalized spacial score (nSPS) is 21.1. The molecule has 1 aliphatic rings. The minimum Gasteiger partial charge on any atom is -0.353 e. The molecule has 1 aliphatic carbocycles. The second-order valence-electron chi connectivity index (χ2n) is 7.75. The van der Waals surface area contributed by atoms with Gasteiger partial charge in [0, 0.05) is 12.6 Å². The molecule has 0 aromatic rings. The molecule has 3 N–H and O–H groups in total. The Bertz CT molecular complexity index is 288. The van der Waals surface area contributed by atoms with Gasteiger partial charge in [0.15, 0.2) is 0 Å². The Hall–Kier alpha value is -0.570. The second-order valence-corrected chi connectivity index (χ2v) is 7.75. The van der Waals surface area contributed by atoms with Gasteiger partial charge in [-0.15, -0.1) is 0 Å². The quantitative estimate of drug-likeness (QED) is 0.759. The van der Waals surface area contributed by atoms with E-state index in [1.54, 1.807) is 0 Å². The van der Waals surface area contributed by atoms with Gasteiger partial charge in [-0.1, -0.05) is 46.5 Å². The van der Waals surface area contributed by atoms with Crippen molar-refractivity contribution in [3.05, 3.63) is 0 Å². The van der Waals surface area contributed by atoms with Gasteiger partial charge < -0.3 is 11.1 Å². The van der Waals surface area contributed by atoms with E-state index in [1.165, 1.54) is 38.5 Å². The first-order chi connectivity index (χ1) is 9.33. The number of carbonyl (C=O) groups is 1. The molecule has 1 rings (SSSR count). The molecule has 0 spiro atoms. The van der Waals surface area contributed by atoms with Crippen molar-refractivity contribution in [1.29, 1.82) is 0 Å². The van der Waals surface area contributed by atoms with Gasteiger partial charge in [-0.05, 0) is 37.5 Å². The predicted octanol–water partition coefficient (Wildman–Crippen LogP) is 3.47. The maximum absolute atomic E-state index is 12.4. The zero-order valence-corrected chi connectivity index (χ0v) is 13.9. The summed E-state index contributed by atoms with van der Waals surface area (Å²) in [6.45, 7) is 9.10. The number of hydrogen-bond acceptors (Lipinski definition) is 2. The summed E-state index contributed by atoms with van der Waals surface area (Å²) in [5, 5.41) is 3.23. The Morgan fingerprint density at radius 2 is 1.75 bits per heavy atom. The molecular formula is C17H34N2O. The maximum atomic E-state index is 12.4. The standard InChI is InChI=1S/C17H34N2O/c1-13(14-9-7-5-6-8-10-14)19-16(20)15(12-18)11-17(2,3)4/h13-15H,5-12,18H2,1-4H3,(H,19,20)/t13-,15?/m1/s1. The number of carbonyl (C=O) groups excluding carboxylic acids is 1. The molecule has 0 saturated heterocycles. The van der Waals surface area contributed by atoms with Gasteiger partial charge in [0.2, 0.25) is 5.91 Å². The van der Waals surface area contributed by atoms with Crippen LogP contribution in [0, 0.1) is 17.3 Å². The van der Waals surface area contributed by atoms with Crippen LogP contribution < -0.4 is 11.1 Å². The third-order valence-corrected chi connectivity index (χ3v) is 4.49. The van der Waals surface area contributed by atoms with Crippen molar-refractivity contribution >= 4 is 5.91 Å². The SMILES string of the molecule is C[C@@H](NC(=O)C(CN)CC(C)(C)C)C1CCCCCC1. The average Bonchev–Trinajstić information content (AvgIpc) is 2.63. The summed E-state index contributed by atoms with van der Waals surface area (Å²) in [6, 6.07) is 0.287. The third kappa shape index (κ3) is 6.25. The van der Waals surface area contributed by atoms with Gasteiger partial charge in [0.25, 0.3) is 0 Å². The molecule has 0 heterocycles. The summed E-state index contributed by atoms with van der Waals surface area (Å²) in [6.07, 6.45) is 8.70. The fraction of sp³-hybridized carbons (Fsp3) is 0.941. The van der Waals surface area contributed by atoms with Gasteiger partial charge in [0.1, 0.15) is 0 Å². The van der Waals surface area contributed by atoms with Crippen molar-refractivity contribution in [3.63, 3.8) is 0 Å². The van der Waals surface area contributed by atoms with E-state index in [0.29, 0.717) is 12.5 Å². The van der Waals surface area contributed by atoms with Gasteiger partial charge in [-0.25, -0.2) is 0 Å². The van der Waals surface area contributed by atoms with Gasteiger partial charge in [-0.3, -0.25) is 4.79 Å². The van der Waals surface area contributed by atoms with Gasteiger partial charge in [-0.2, -0.15) is 0 Å². The van der Waals surface area contributed by atoms with E-state index >= 15 is 0 Å². The number of rotatable bonds is 5. The Morgan fingerprint density at radius 3 is 2.20 bits per heavy atom. The zero-order valence-electron chi connectivity index (χ0n) is 13.9. The van der Waals surface area contributed by atoms with Crippen molar-refractivity contribution < 1.29 is 4.79 Å². The first-order valence-corrected chi connectivity index (χ1v) is 8.34. The highest BCUT2D eigenvalue weighted by Crippen LogP contribution is 2.27. The molecule has 0 radical (unpaired) electrons. The van der Waals surface area contributed by atoms with E-state index in [2.05, 4.69) is 33.0 Å². The number of amides is 1. The number of hydrogen-bond donors (Lipinski definition) is 2. The van der Waals surface area contributed by atoms with Crippen LogP contribution in [0.1, 0.15) is 72.6 Å². The first-order valence-electron chi connectivity index (χ1n) is 8.34. The fourth-order valence-electron chi connectivity index (χ4n) is 3.29. The molecule has 1 unspecified atom stereocenters. The predicted molar refractivity (Wildman–Crippen MR) is 85.4 cm³/mol. The number of nitrogens with two attached hydrogens (primary N) is 1. The van der Waals surface area contributed by atoms with Crippen LogP contribution >= 0.6 is 0 Å². The van der Waals surface area contributed by atoms with E-state index in [9.17, 15) is 4.79 Å². The molecule has 3 nitrogen and oxygen atoms in total. The lowest BCUT2D eigenvalue weighted by molar-refractivity contribution is -0.126. The van der Waals surface area contributed by atoms with Crippen molar-refractivity contribution in [1.82, 2.24) is 5.32 Å². The Labute approximate surface area is 125 Å². The minimum atomic E-state index is -0.0526. The number of nitrogens with one attached hydrogen (secondary N) is 1. The molecular weight excluding hydrogens is 248 g/mol. The first kappa shape index (κ1) is 17.5. The molecule has 0 bridgehead atoms. The van der Waals surface area contributed by atoms with Crippen molar-refractivity contribution in [2.75, 3.05) is 6.54 Å². The second kappa shape index (κ2) is 8.02. The van der Waals surface area contributed by atoms with Gasteiger partial charge in [0.05, 0.1) is 5.92 Å². The average molecular weight is 282 g/mol. The smallest absolute Gasteiger partial charge is 0.224 e. The van der Waals surface area contributed by atoms with Crippen molar-refractivity contribution in [3.8, 4) is 0 Å². The third-order valence-electron chi connectivity index (χ3n) is 4.49. The topological polar surface area (TPSA) is 55.1 Å². The molecule has 3 heteroatoms. The molecule has 0 aromatic carbocycles. The summed E-state index contributed by atoms with van der Waals surface area (Å²) in [4.78, 5) is 12.4. The van der Waals surface area contributed by atoms with Crippen LogP contribution in [0.4, 0.5) is 0 Å². The van der Waals surface area contributed by atoms with Crippen LogP contribution in [-0.2, 0) is 4.79 Å². The van der Waals surface area contributed by atoms with Crippen LogP contribution in [0.2, 0.25) is 0 Å². The summed E-state index contributed by atoms with van der Waals surface area (Å²) in [5.74, 6) is 0.747. The summed E-state index contributed by atoms with van der Waals surface area (Å²) >= 11 is 0. The zero-order chi connectivity index (χ0) is 15.2. The van der Waals surface area contributed by atoms with Crippen LogP contribution in [0.5, 0.6) is 0 Å². The van der Waals surface area contributed by atoms with Crippen LogP contribution in [-0.4, -0.2) is 18.5 Å². The van der Waals surface area contributed by atoms with Crippen molar-refractivity contribution in [2.24, 2.45) is 23.0 Å². The molecule has 2 atom stereocenters. The molecule has 1 amide bonds. The molecule has 20 heavy (non-hydrogen) atoms. The van der Waals surface area contributed by atoms with E-state index in [4.69, 9.17) is 5.73 Å². The molecule has 118 valence electrons. The highest BCUT2D eigenvalue weighted by molar-refractivity contribution is 5.79. The van der Waals surface area contributed by atoms with E-state index in [1.807, 2.05) is 0 Å². The molecule has 1 fully saturated rings. The largest absolute Gasteiger partial charge is 0.353 e. The van der Waals surface area contributed by atoms with E-state index in [0.717, 1.165) is 6.42 Å². The summed E-state index contributed by atoms with van der Waals surface area (Å²) in [7, 11) is 0. The summed E-state index contributed by atoms with van der Waals surface area (Å²) in [5.41, 5.74) is 5.94. The van der Waals surface area contributed by atoms with Crippen LogP contribution in [0.15, 0.2) is 0 Å². The monoisotopic (exact) mass is 282 g/mol. The molecule has 1 saturated carbocycles. The van der Waals surface area contributed by atoms with E-state index in [-0.39, 0.29) is 23.3 Å². The highest BCUT2D eigenvalue weighted by atomic mass is 16.1.